The van der Waals surface area contributed by atoms with Crippen molar-refractivity contribution in [2.75, 3.05) is 11.5 Å². The molecule has 1 saturated heterocycles. The fraction of sp³-hybridized carbons (Fsp3) is 0.545. The van der Waals surface area contributed by atoms with Gasteiger partial charge < -0.3 is 5.32 Å². The predicted octanol–water partition coefficient (Wildman–Crippen LogP) is 0.748. The van der Waals surface area contributed by atoms with Gasteiger partial charge in [0.1, 0.15) is 9.84 Å². The molecular weight excluding hydrogens is 224 g/mol. The quantitative estimate of drug-likeness (QED) is 0.847. The average molecular weight is 240 g/mol. The maximum absolute atomic E-state index is 11.2. The highest BCUT2D eigenvalue weighted by Crippen LogP contribution is 2.12. The lowest BCUT2D eigenvalue weighted by molar-refractivity contribution is 0.463. The number of aromatic nitrogens is 1. The normalized spacial score (nSPS) is 20.8. The van der Waals surface area contributed by atoms with Crippen LogP contribution in [0.2, 0.25) is 0 Å². The maximum Gasteiger partial charge on any atom is 0.150 e. The van der Waals surface area contributed by atoms with E-state index in [1.165, 1.54) is 0 Å². The molecule has 2 rings (SSSR count). The Labute approximate surface area is 96.0 Å². The molecule has 1 aromatic heterocycles. The molecule has 0 unspecified atom stereocenters. The Bertz CT molecular complexity index is 417. The first-order valence-corrected chi connectivity index (χ1v) is 7.30. The van der Waals surface area contributed by atoms with E-state index in [0.29, 0.717) is 17.5 Å². The van der Waals surface area contributed by atoms with Crippen LogP contribution in [0.4, 0.5) is 0 Å². The molecule has 0 aliphatic carbocycles. The van der Waals surface area contributed by atoms with Crippen molar-refractivity contribution in [1.82, 2.24) is 10.3 Å². The van der Waals surface area contributed by atoms with E-state index >= 15 is 0 Å². The van der Waals surface area contributed by atoms with Crippen LogP contribution < -0.4 is 5.32 Å². The van der Waals surface area contributed by atoms with Crippen LogP contribution in [-0.4, -0.2) is 30.9 Å². The van der Waals surface area contributed by atoms with Gasteiger partial charge in [-0.3, -0.25) is 4.98 Å². The van der Waals surface area contributed by atoms with Gasteiger partial charge in [-0.05, 0) is 24.5 Å². The molecule has 0 amide bonds. The Morgan fingerprint density at radius 3 is 2.75 bits per heavy atom. The largest absolute Gasteiger partial charge is 0.310 e. The monoisotopic (exact) mass is 240 g/mol. The van der Waals surface area contributed by atoms with Crippen LogP contribution in [-0.2, 0) is 16.4 Å². The van der Waals surface area contributed by atoms with E-state index in [-0.39, 0.29) is 0 Å². The SMILES string of the molecule is O=S1(=O)CCC(NCc2cccnc2)CC1. The van der Waals surface area contributed by atoms with Gasteiger partial charge in [0.2, 0.25) is 0 Å². The van der Waals surface area contributed by atoms with Crippen LogP contribution in [0.15, 0.2) is 24.5 Å². The molecule has 0 spiro atoms. The summed E-state index contributed by atoms with van der Waals surface area (Å²) in [6.45, 7) is 0.762. The third-order valence-electron chi connectivity index (χ3n) is 2.87. The van der Waals surface area contributed by atoms with Crippen molar-refractivity contribution in [3.8, 4) is 0 Å². The first kappa shape index (κ1) is 11.5. The second-order valence-corrected chi connectivity index (χ2v) is 6.47. The minimum atomic E-state index is -2.75. The molecule has 0 bridgehead atoms. The topological polar surface area (TPSA) is 59.1 Å². The Kier molecular flexibility index (Phi) is 3.56. The third-order valence-corrected chi connectivity index (χ3v) is 4.59. The van der Waals surface area contributed by atoms with Crippen LogP contribution in [0.25, 0.3) is 0 Å². The van der Waals surface area contributed by atoms with Gasteiger partial charge in [-0.15, -0.1) is 0 Å². The predicted molar refractivity (Wildman–Crippen MR) is 62.8 cm³/mol. The molecule has 16 heavy (non-hydrogen) atoms. The zero-order valence-corrected chi connectivity index (χ0v) is 9.91. The van der Waals surface area contributed by atoms with Crippen LogP contribution >= 0.6 is 0 Å². The van der Waals surface area contributed by atoms with E-state index < -0.39 is 9.84 Å². The van der Waals surface area contributed by atoms with E-state index in [1.807, 2.05) is 18.3 Å². The van der Waals surface area contributed by atoms with Crippen molar-refractivity contribution in [3.05, 3.63) is 30.1 Å². The van der Waals surface area contributed by atoms with Crippen LogP contribution in [0.3, 0.4) is 0 Å². The molecule has 0 saturated carbocycles. The van der Waals surface area contributed by atoms with Gasteiger partial charge in [0.15, 0.2) is 0 Å². The lowest BCUT2D eigenvalue weighted by atomic mass is 10.1. The lowest BCUT2D eigenvalue weighted by Gasteiger charge is -2.23. The highest BCUT2D eigenvalue weighted by molar-refractivity contribution is 7.91. The van der Waals surface area contributed by atoms with E-state index in [9.17, 15) is 8.42 Å². The summed E-state index contributed by atoms with van der Waals surface area (Å²) < 4.78 is 22.5. The Morgan fingerprint density at radius 1 is 1.38 bits per heavy atom. The van der Waals surface area contributed by atoms with Gasteiger partial charge in [-0.1, -0.05) is 6.07 Å². The van der Waals surface area contributed by atoms with Crippen molar-refractivity contribution in [1.29, 1.82) is 0 Å². The minimum absolute atomic E-state index is 0.317. The Balaban J connectivity index is 1.80. The van der Waals surface area contributed by atoms with E-state index in [0.717, 1.165) is 24.9 Å². The van der Waals surface area contributed by atoms with Crippen molar-refractivity contribution in [2.45, 2.75) is 25.4 Å². The standard InChI is InChI=1S/C11H16N2O2S/c14-16(15)6-3-11(4-7-16)13-9-10-2-1-5-12-8-10/h1-2,5,8,11,13H,3-4,6-7,9H2. The zero-order valence-electron chi connectivity index (χ0n) is 9.09. The molecule has 1 aliphatic heterocycles. The summed E-state index contributed by atoms with van der Waals surface area (Å²) in [4.78, 5) is 4.04. The molecule has 5 heteroatoms. The number of rotatable bonds is 3. The highest BCUT2D eigenvalue weighted by Gasteiger charge is 2.22. The van der Waals surface area contributed by atoms with Crippen molar-refractivity contribution < 1.29 is 8.42 Å². The molecule has 0 radical (unpaired) electrons. The first-order chi connectivity index (χ1) is 7.66. The summed E-state index contributed by atoms with van der Waals surface area (Å²) >= 11 is 0. The summed E-state index contributed by atoms with van der Waals surface area (Å²) in [5.74, 6) is 0.634. The van der Waals surface area contributed by atoms with Crippen molar-refractivity contribution in [2.24, 2.45) is 0 Å². The third kappa shape index (κ3) is 3.28. The number of hydrogen-bond donors (Lipinski definition) is 1. The van der Waals surface area contributed by atoms with Gasteiger partial charge in [-0.2, -0.15) is 0 Å². The molecular formula is C11H16N2O2S. The molecule has 0 atom stereocenters. The zero-order chi connectivity index (χ0) is 11.4. The molecule has 1 aromatic rings. The van der Waals surface area contributed by atoms with E-state index in [4.69, 9.17) is 0 Å². The van der Waals surface area contributed by atoms with Gasteiger partial charge in [0, 0.05) is 25.0 Å². The van der Waals surface area contributed by atoms with Crippen LogP contribution in [0.1, 0.15) is 18.4 Å². The number of pyridine rings is 1. The first-order valence-electron chi connectivity index (χ1n) is 5.48. The summed E-state index contributed by atoms with van der Waals surface area (Å²) in [5.41, 5.74) is 1.14. The van der Waals surface area contributed by atoms with Gasteiger partial charge in [0.25, 0.3) is 0 Å². The summed E-state index contributed by atoms with van der Waals surface area (Å²) in [6.07, 6.45) is 5.02. The maximum atomic E-state index is 11.2. The smallest absolute Gasteiger partial charge is 0.150 e. The highest BCUT2D eigenvalue weighted by atomic mass is 32.2. The fourth-order valence-corrected chi connectivity index (χ4v) is 3.35. The molecule has 0 aromatic carbocycles. The number of nitrogens with one attached hydrogen (secondary N) is 1. The Hall–Kier alpha value is -0.940. The molecule has 2 heterocycles. The number of hydrogen-bond acceptors (Lipinski definition) is 4. The second-order valence-electron chi connectivity index (χ2n) is 4.17. The number of nitrogens with zero attached hydrogens (tertiary/aromatic N) is 1. The van der Waals surface area contributed by atoms with Crippen molar-refractivity contribution >= 4 is 9.84 Å². The van der Waals surface area contributed by atoms with Gasteiger partial charge in [-0.25, -0.2) is 8.42 Å². The van der Waals surface area contributed by atoms with Crippen molar-refractivity contribution in [3.63, 3.8) is 0 Å². The molecule has 1 N–H and O–H groups in total. The lowest BCUT2D eigenvalue weighted by Crippen LogP contribution is -2.37. The molecule has 88 valence electrons. The fourth-order valence-electron chi connectivity index (χ4n) is 1.86. The van der Waals surface area contributed by atoms with Crippen LogP contribution in [0.5, 0.6) is 0 Å². The summed E-state index contributed by atoms with van der Waals surface area (Å²) in [6, 6.07) is 4.24. The Morgan fingerprint density at radius 2 is 2.12 bits per heavy atom. The molecule has 4 nitrogen and oxygen atoms in total. The summed E-state index contributed by atoms with van der Waals surface area (Å²) in [5, 5.41) is 3.37. The number of sulfone groups is 1. The molecule has 1 fully saturated rings. The minimum Gasteiger partial charge on any atom is -0.310 e. The summed E-state index contributed by atoms with van der Waals surface area (Å²) in [7, 11) is -2.75. The van der Waals surface area contributed by atoms with E-state index in [2.05, 4.69) is 10.3 Å². The van der Waals surface area contributed by atoms with Gasteiger partial charge in [0.05, 0.1) is 11.5 Å². The molecule has 1 aliphatic rings. The van der Waals surface area contributed by atoms with E-state index in [1.54, 1.807) is 6.20 Å². The van der Waals surface area contributed by atoms with Gasteiger partial charge >= 0.3 is 0 Å². The average Bonchev–Trinajstić information content (AvgIpc) is 2.29. The second kappa shape index (κ2) is 4.93. The van der Waals surface area contributed by atoms with Crippen LogP contribution in [0, 0.1) is 0 Å².